The van der Waals surface area contributed by atoms with Crippen LogP contribution in [0.4, 0.5) is 17.6 Å². The fourth-order valence-corrected chi connectivity index (χ4v) is 4.78. The molecule has 0 amide bonds. The van der Waals surface area contributed by atoms with Gasteiger partial charge in [-0.3, -0.25) is 0 Å². The molecule has 4 nitrogen and oxygen atoms in total. The average molecular weight is 543 g/mol. The van der Waals surface area contributed by atoms with E-state index in [4.69, 9.17) is 14.2 Å². The molecule has 1 fully saturated rings. The van der Waals surface area contributed by atoms with Crippen LogP contribution >= 0.6 is 0 Å². The van der Waals surface area contributed by atoms with Crippen molar-refractivity contribution in [2.45, 2.75) is 51.0 Å². The third kappa shape index (κ3) is 6.50. The maximum absolute atomic E-state index is 15.1. The lowest BCUT2D eigenvalue weighted by atomic mass is 9.82. The minimum Gasteiger partial charge on any atom is -0.490 e. The van der Waals surface area contributed by atoms with Gasteiger partial charge in [0.2, 0.25) is 11.6 Å². The number of halogens is 4. The van der Waals surface area contributed by atoms with Crippen molar-refractivity contribution in [2.75, 3.05) is 13.2 Å². The zero-order valence-corrected chi connectivity index (χ0v) is 21.7. The van der Waals surface area contributed by atoms with Gasteiger partial charge in [-0.2, -0.15) is 8.78 Å². The molecule has 0 unspecified atom stereocenters. The number of carbonyl (C=O) groups excluding carboxylic acids is 1. The van der Waals surface area contributed by atoms with E-state index in [1.165, 1.54) is 36.4 Å². The Morgan fingerprint density at radius 1 is 0.872 bits per heavy atom. The lowest BCUT2D eigenvalue weighted by molar-refractivity contribution is 0.0325. The van der Waals surface area contributed by atoms with Gasteiger partial charge in [0.1, 0.15) is 0 Å². The molecule has 0 aliphatic heterocycles. The lowest BCUT2D eigenvalue weighted by Crippen LogP contribution is -2.21. The molecule has 1 saturated carbocycles. The predicted octanol–water partition coefficient (Wildman–Crippen LogP) is 8.15. The molecule has 1 aliphatic carbocycles. The summed E-state index contributed by atoms with van der Waals surface area (Å²) in [6.45, 7) is 6.22. The molecule has 0 spiro atoms. The normalized spacial score (nSPS) is 17.1. The second-order valence-corrected chi connectivity index (χ2v) is 9.34. The smallest absolute Gasteiger partial charge is 0.343 e. The average Bonchev–Trinajstić information content (AvgIpc) is 2.95. The summed E-state index contributed by atoms with van der Waals surface area (Å²) in [6, 6.07) is 11.0. The Morgan fingerprint density at radius 2 is 1.54 bits per heavy atom. The largest absolute Gasteiger partial charge is 0.490 e. The van der Waals surface area contributed by atoms with E-state index in [9.17, 15) is 13.6 Å². The summed E-state index contributed by atoms with van der Waals surface area (Å²) in [7, 11) is 0. The van der Waals surface area contributed by atoms with Crippen LogP contribution in [0.1, 0.15) is 60.9 Å². The van der Waals surface area contributed by atoms with E-state index in [0.29, 0.717) is 24.2 Å². The van der Waals surface area contributed by atoms with Crippen molar-refractivity contribution < 1.29 is 36.6 Å². The summed E-state index contributed by atoms with van der Waals surface area (Å²) in [5.74, 6) is -6.38. The van der Waals surface area contributed by atoms with E-state index in [0.717, 1.165) is 31.7 Å². The number of carbonyl (C=O) groups is 1. The summed E-state index contributed by atoms with van der Waals surface area (Å²) < 4.78 is 74.6. The number of hydrogen-bond acceptors (Lipinski definition) is 4. The zero-order valence-electron chi connectivity index (χ0n) is 21.7. The van der Waals surface area contributed by atoms with E-state index >= 15 is 8.78 Å². The third-order valence-corrected chi connectivity index (χ3v) is 6.85. The fraction of sp³-hybridized carbons (Fsp3) is 0.323. The molecule has 0 heterocycles. The van der Waals surface area contributed by atoms with Crippen molar-refractivity contribution in [2.24, 2.45) is 0 Å². The van der Waals surface area contributed by atoms with E-state index < -0.39 is 35.0 Å². The van der Waals surface area contributed by atoms with Crippen LogP contribution in [0, 0.1) is 23.3 Å². The van der Waals surface area contributed by atoms with Crippen molar-refractivity contribution in [3.63, 3.8) is 0 Å². The number of benzene rings is 3. The van der Waals surface area contributed by atoms with Gasteiger partial charge in [-0.15, -0.1) is 6.58 Å². The molecular formula is C31H30F4O4. The highest BCUT2D eigenvalue weighted by atomic mass is 19.2. The van der Waals surface area contributed by atoms with Gasteiger partial charge in [0, 0.05) is 12.2 Å². The van der Waals surface area contributed by atoms with Crippen LogP contribution in [0.15, 0.2) is 61.2 Å². The number of rotatable bonds is 10. The monoisotopic (exact) mass is 542 g/mol. The van der Waals surface area contributed by atoms with Crippen LogP contribution in [-0.2, 0) is 4.74 Å². The lowest BCUT2D eigenvalue weighted by Gasteiger charge is -2.29. The van der Waals surface area contributed by atoms with Gasteiger partial charge < -0.3 is 14.2 Å². The fourth-order valence-electron chi connectivity index (χ4n) is 4.78. The molecule has 0 saturated heterocycles. The van der Waals surface area contributed by atoms with Gasteiger partial charge >= 0.3 is 5.97 Å². The molecule has 0 bridgehead atoms. The van der Waals surface area contributed by atoms with Crippen LogP contribution in [-0.4, -0.2) is 25.3 Å². The van der Waals surface area contributed by atoms with Crippen LogP contribution < -0.4 is 9.47 Å². The molecule has 0 N–H and O–H groups in total. The second-order valence-electron chi connectivity index (χ2n) is 9.34. The van der Waals surface area contributed by atoms with E-state index in [1.807, 2.05) is 6.92 Å². The third-order valence-electron chi connectivity index (χ3n) is 6.85. The van der Waals surface area contributed by atoms with E-state index in [-0.39, 0.29) is 35.5 Å². The van der Waals surface area contributed by atoms with Crippen molar-refractivity contribution in [3.05, 3.63) is 95.6 Å². The molecule has 3 aromatic rings. The molecule has 206 valence electrons. The molecule has 3 aromatic carbocycles. The summed E-state index contributed by atoms with van der Waals surface area (Å²) in [6.07, 6.45) is 5.27. The highest BCUT2D eigenvalue weighted by Crippen LogP contribution is 2.38. The number of esters is 1. The first kappa shape index (κ1) is 28.4. The first-order valence-electron chi connectivity index (χ1n) is 13.0. The molecule has 0 atom stereocenters. The Balaban J connectivity index is 1.44. The summed E-state index contributed by atoms with van der Waals surface area (Å²) in [5, 5.41) is 0. The molecule has 39 heavy (non-hydrogen) atoms. The van der Waals surface area contributed by atoms with Crippen molar-refractivity contribution in [1.29, 1.82) is 0 Å². The first-order valence-corrected chi connectivity index (χ1v) is 13.0. The zero-order chi connectivity index (χ0) is 27.9. The molecule has 8 heteroatoms. The molecule has 1 aliphatic rings. The van der Waals surface area contributed by atoms with E-state index in [2.05, 4.69) is 6.58 Å². The Kier molecular flexibility index (Phi) is 9.41. The SMILES string of the molecule is C=CCCOc1ccc(OC(=O)c2ccc(-c3ccc(C4CCC(OCC)CC4)c(F)c3F)cc2)c(F)c1F. The van der Waals surface area contributed by atoms with Gasteiger partial charge in [-0.25, -0.2) is 13.6 Å². The van der Waals surface area contributed by atoms with Crippen molar-refractivity contribution in [1.82, 2.24) is 0 Å². The van der Waals surface area contributed by atoms with Crippen molar-refractivity contribution >= 4 is 5.97 Å². The highest BCUT2D eigenvalue weighted by molar-refractivity contribution is 5.91. The highest BCUT2D eigenvalue weighted by Gasteiger charge is 2.27. The summed E-state index contributed by atoms with van der Waals surface area (Å²) in [4.78, 5) is 12.5. The quantitative estimate of drug-likeness (QED) is 0.0853. The second kappa shape index (κ2) is 12.9. The van der Waals surface area contributed by atoms with Gasteiger partial charge in [-0.05, 0) is 80.3 Å². The Labute approximate surface area is 225 Å². The van der Waals surface area contributed by atoms with E-state index in [1.54, 1.807) is 12.1 Å². The van der Waals surface area contributed by atoms with Crippen LogP contribution in [0.3, 0.4) is 0 Å². The predicted molar refractivity (Wildman–Crippen MR) is 140 cm³/mol. The minimum absolute atomic E-state index is 0.0217. The van der Waals surface area contributed by atoms with Gasteiger partial charge in [0.15, 0.2) is 23.1 Å². The first-order chi connectivity index (χ1) is 18.8. The Morgan fingerprint density at radius 3 is 2.21 bits per heavy atom. The Hall–Kier alpha value is -3.65. The topological polar surface area (TPSA) is 44.8 Å². The summed E-state index contributed by atoms with van der Waals surface area (Å²) in [5.41, 5.74) is 0.790. The number of ether oxygens (including phenoxy) is 3. The van der Waals surface area contributed by atoms with Gasteiger partial charge in [-0.1, -0.05) is 30.3 Å². The molecule has 0 aromatic heterocycles. The minimum atomic E-state index is -1.36. The van der Waals surface area contributed by atoms with Crippen LogP contribution in [0.5, 0.6) is 11.5 Å². The maximum Gasteiger partial charge on any atom is 0.343 e. The Bertz CT molecular complexity index is 1320. The standard InChI is InChI=1S/C31H30F4O4/c1-3-5-18-38-25-16-17-26(30(35)29(25)34)39-31(36)21-8-6-19(7-9-21)23-14-15-24(28(33)27(23)32)20-10-12-22(13-11-20)37-4-2/h3,6-9,14-17,20,22H,1,4-5,10-13,18H2,2H3. The summed E-state index contributed by atoms with van der Waals surface area (Å²) >= 11 is 0. The van der Waals surface area contributed by atoms with Gasteiger partial charge in [0.05, 0.1) is 18.3 Å². The van der Waals surface area contributed by atoms with Crippen molar-refractivity contribution in [3.8, 4) is 22.6 Å². The number of hydrogen-bond donors (Lipinski definition) is 0. The van der Waals surface area contributed by atoms with Gasteiger partial charge in [0.25, 0.3) is 0 Å². The van der Waals surface area contributed by atoms with Crippen LogP contribution in [0.2, 0.25) is 0 Å². The molecule has 4 rings (SSSR count). The van der Waals surface area contributed by atoms with Crippen LogP contribution in [0.25, 0.3) is 11.1 Å². The molecular weight excluding hydrogens is 512 g/mol. The maximum atomic E-state index is 15.1. The molecule has 0 radical (unpaired) electrons.